The van der Waals surface area contributed by atoms with E-state index in [2.05, 4.69) is 12.2 Å². The molecule has 1 aliphatic heterocycles. The van der Waals surface area contributed by atoms with Crippen LogP contribution in [-0.2, 0) is 4.74 Å². The molecule has 5 nitrogen and oxygen atoms in total. The maximum Gasteiger partial charge on any atom is 0.255 e. The molecular formula is C16H25N3O2. The third kappa shape index (κ3) is 3.88. The monoisotopic (exact) mass is 291 g/mol. The number of rotatable bonds is 4. The molecule has 0 saturated carbocycles. The van der Waals surface area contributed by atoms with E-state index in [1.54, 1.807) is 31.1 Å². The van der Waals surface area contributed by atoms with Gasteiger partial charge >= 0.3 is 0 Å². The molecule has 1 saturated heterocycles. The number of benzene rings is 1. The Morgan fingerprint density at radius 2 is 2.05 bits per heavy atom. The van der Waals surface area contributed by atoms with Crippen LogP contribution >= 0.6 is 0 Å². The van der Waals surface area contributed by atoms with Crippen LogP contribution in [0.4, 0.5) is 11.4 Å². The number of nitrogen functional groups attached to an aromatic ring is 1. The molecule has 1 aromatic carbocycles. The molecule has 1 heterocycles. The molecule has 0 aliphatic carbocycles. The minimum Gasteiger partial charge on any atom is -0.399 e. The van der Waals surface area contributed by atoms with Gasteiger partial charge in [-0.25, -0.2) is 0 Å². The number of ether oxygens (including phenoxy) is 1. The normalized spacial score (nSPS) is 17.3. The second-order valence-corrected chi connectivity index (χ2v) is 5.89. The van der Waals surface area contributed by atoms with Gasteiger partial charge in [0.15, 0.2) is 0 Å². The first-order valence-corrected chi connectivity index (χ1v) is 7.44. The fourth-order valence-corrected chi connectivity index (χ4v) is 2.69. The van der Waals surface area contributed by atoms with E-state index in [1.165, 1.54) is 0 Å². The van der Waals surface area contributed by atoms with Crippen LogP contribution in [-0.4, -0.2) is 44.2 Å². The van der Waals surface area contributed by atoms with E-state index < -0.39 is 0 Å². The lowest BCUT2D eigenvalue weighted by atomic mass is 9.92. The zero-order chi connectivity index (χ0) is 15.4. The van der Waals surface area contributed by atoms with Crippen LogP contribution in [0.1, 0.15) is 30.1 Å². The SMILES string of the molecule is CC(Nc1cc(N)ccc1C(=O)N(C)C)C1CCOCC1. The van der Waals surface area contributed by atoms with Crippen molar-refractivity contribution in [3.05, 3.63) is 23.8 Å². The van der Waals surface area contributed by atoms with Crippen molar-refractivity contribution >= 4 is 17.3 Å². The third-order valence-corrected chi connectivity index (χ3v) is 4.04. The number of amides is 1. The summed E-state index contributed by atoms with van der Waals surface area (Å²) in [6.07, 6.45) is 2.10. The van der Waals surface area contributed by atoms with E-state index in [0.29, 0.717) is 17.2 Å². The Balaban J connectivity index is 2.17. The van der Waals surface area contributed by atoms with E-state index in [1.807, 2.05) is 6.07 Å². The molecule has 0 radical (unpaired) electrons. The lowest BCUT2D eigenvalue weighted by molar-refractivity contribution is 0.0622. The number of nitrogens with zero attached hydrogens (tertiary/aromatic N) is 1. The highest BCUT2D eigenvalue weighted by molar-refractivity contribution is 6.00. The highest BCUT2D eigenvalue weighted by atomic mass is 16.5. The van der Waals surface area contributed by atoms with E-state index in [-0.39, 0.29) is 11.9 Å². The molecule has 1 atom stereocenters. The number of nitrogens with one attached hydrogen (secondary N) is 1. The Morgan fingerprint density at radius 1 is 1.38 bits per heavy atom. The number of hydrogen-bond donors (Lipinski definition) is 2. The summed E-state index contributed by atoms with van der Waals surface area (Å²) in [6, 6.07) is 5.68. The summed E-state index contributed by atoms with van der Waals surface area (Å²) in [5, 5.41) is 3.47. The Kier molecular flexibility index (Phi) is 5.07. The summed E-state index contributed by atoms with van der Waals surface area (Å²) in [5.74, 6) is 0.541. The predicted molar refractivity (Wildman–Crippen MR) is 85.5 cm³/mol. The molecule has 21 heavy (non-hydrogen) atoms. The molecule has 1 amide bonds. The average molecular weight is 291 g/mol. The van der Waals surface area contributed by atoms with Crippen LogP contribution in [0.2, 0.25) is 0 Å². The molecular weight excluding hydrogens is 266 g/mol. The van der Waals surface area contributed by atoms with Crippen molar-refractivity contribution in [3.8, 4) is 0 Å². The van der Waals surface area contributed by atoms with Gasteiger partial charge in [0.05, 0.1) is 5.56 Å². The van der Waals surface area contributed by atoms with Gasteiger partial charge in [-0.3, -0.25) is 4.79 Å². The minimum atomic E-state index is -0.0170. The lowest BCUT2D eigenvalue weighted by Crippen LogP contribution is -2.32. The molecule has 3 N–H and O–H groups in total. The minimum absolute atomic E-state index is 0.0170. The zero-order valence-corrected chi connectivity index (χ0v) is 13.1. The molecule has 0 bridgehead atoms. The zero-order valence-electron chi connectivity index (χ0n) is 13.1. The fourth-order valence-electron chi connectivity index (χ4n) is 2.69. The van der Waals surface area contributed by atoms with Crippen LogP contribution in [0, 0.1) is 5.92 Å². The number of carbonyl (C=O) groups excluding carboxylic acids is 1. The van der Waals surface area contributed by atoms with Gasteiger partial charge in [0.25, 0.3) is 5.91 Å². The quantitative estimate of drug-likeness (QED) is 0.835. The molecule has 1 aliphatic rings. The summed E-state index contributed by atoms with van der Waals surface area (Å²) < 4.78 is 5.40. The first-order valence-electron chi connectivity index (χ1n) is 7.44. The van der Waals surface area contributed by atoms with Crippen molar-refractivity contribution < 1.29 is 9.53 Å². The second-order valence-electron chi connectivity index (χ2n) is 5.89. The van der Waals surface area contributed by atoms with Crippen LogP contribution in [0.15, 0.2) is 18.2 Å². The topological polar surface area (TPSA) is 67.6 Å². The van der Waals surface area contributed by atoms with Crippen LogP contribution < -0.4 is 11.1 Å². The van der Waals surface area contributed by atoms with Gasteiger partial charge in [-0.2, -0.15) is 0 Å². The molecule has 1 unspecified atom stereocenters. The predicted octanol–water partition coefficient (Wildman–Crippen LogP) is 2.20. The first-order chi connectivity index (χ1) is 9.99. The molecule has 2 rings (SSSR count). The van der Waals surface area contributed by atoms with Gasteiger partial charge in [0, 0.05) is 44.7 Å². The van der Waals surface area contributed by atoms with Gasteiger partial charge in [0.2, 0.25) is 0 Å². The Bertz CT molecular complexity index is 496. The van der Waals surface area contributed by atoms with Crippen molar-refractivity contribution in [1.82, 2.24) is 4.90 Å². The average Bonchev–Trinajstić information content (AvgIpc) is 2.47. The number of hydrogen-bond acceptors (Lipinski definition) is 4. The van der Waals surface area contributed by atoms with Gasteiger partial charge in [-0.15, -0.1) is 0 Å². The largest absolute Gasteiger partial charge is 0.399 e. The summed E-state index contributed by atoms with van der Waals surface area (Å²) in [4.78, 5) is 13.8. The number of carbonyl (C=O) groups is 1. The van der Waals surface area contributed by atoms with Crippen LogP contribution in [0.5, 0.6) is 0 Å². The van der Waals surface area contributed by atoms with E-state index >= 15 is 0 Å². The Morgan fingerprint density at radius 3 is 2.67 bits per heavy atom. The maximum atomic E-state index is 12.3. The lowest BCUT2D eigenvalue weighted by Gasteiger charge is -2.30. The summed E-state index contributed by atoms with van der Waals surface area (Å²) in [7, 11) is 3.51. The Labute approximate surface area is 126 Å². The number of nitrogens with two attached hydrogens (primary N) is 1. The fraction of sp³-hybridized carbons (Fsp3) is 0.562. The van der Waals surface area contributed by atoms with E-state index in [4.69, 9.17) is 10.5 Å². The van der Waals surface area contributed by atoms with Crippen molar-refractivity contribution in [2.24, 2.45) is 5.92 Å². The molecule has 0 aromatic heterocycles. The van der Waals surface area contributed by atoms with Crippen molar-refractivity contribution in [1.29, 1.82) is 0 Å². The van der Waals surface area contributed by atoms with Crippen LogP contribution in [0.25, 0.3) is 0 Å². The van der Waals surface area contributed by atoms with Gasteiger partial charge in [-0.1, -0.05) is 0 Å². The first kappa shape index (κ1) is 15.6. The van der Waals surface area contributed by atoms with Crippen molar-refractivity contribution in [2.45, 2.75) is 25.8 Å². The molecule has 5 heteroatoms. The third-order valence-electron chi connectivity index (χ3n) is 4.04. The molecule has 1 aromatic rings. The summed E-state index contributed by atoms with van der Waals surface area (Å²) in [5.41, 5.74) is 8.01. The molecule has 0 spiro atoms. The molecule has 1 fully saturated rings. The van der Waals surface area contributed by atoms with Gasteiger partial charge in [0.1, 0.15) is 0 Å². The number of anilines is 2. The van der Waals surface area contributed by atoms with Gasteiger partial charge in [-0.05, 0) is 43.9 Å². The van der Waals surface area contributed by atoms with E-state index in [0.717, 1.165) is 31.7 Å². The molecule has 116 valence electrons. The maximum absolute atomic E-state index is 12.3. The van der Waals surface area contributed by atoms with Gasteiger partial charge < -0.3 is 20.7 Å². The highest BCUT2D eigenvalue weighted by Crippen LogP contribution is 2.26. The standard InChI is InChI=1S/C16H25N3O2/c1-11(12-6-8-21-9-7-12)18-15-10-13(17)4-5-14(15)16(20)19(2)3/h4-5,10-12,18H,6-9,17H2,1-3H3. The van der Waals surface area contributed by atoms with Crippen molar-refractivity contribution in [2.75, 3.05) is 38.4 Å². The second kappa shape index (κ2) is 6.80. The van der Waals surface area contributed by atoms with Crippen molar-refractivity contribution in [3.63, 3.8) is 0 Å². The highest BCUT2D eigenvalue weighted by Gasteiger charge is 2.22. The summed E-state index contributed by atoms with van der Waals surface area (Å²) in [6.45, 7) is 3.79. The smallest absolute Gasteiger partial charge is 0.255 e. The Hall–Kier alpha value is -1.75. The van der Waals surface area contributed by atoms with E-state index in [9.17, 15) is 4.79 Å². The summed E-state index contributed by atoms with van der Waals surface area (Å²) >= 11 is 0. The van der Waals surface area contributed by atoms with Crippen LogP contribution in [0.3, 0.4) is 0 Å².